The smallest absolute Gasteiger partial charge is 0.241 e. The average molecular weight is 382 g/mol. The number of rotatable bonds is 7. The number of nitrogens with one attached hydrogen (secondary N) is 2. The lowest BCUT2D eigenvalue weighted by molar-refractivity contribution is -0.123. The summed E-state index contributed by atoms with van der Waals surface area (Å²) in [6.45, 7) is 3.86. The second-order valence-electron chi connectivity index (χ2n) is 5.87. The molecule has 0 radical (unpaired) electrons. The van der Waals surface area contributed by atoms with Gasteiger partial charge in [0.25, 0.3) is 0 Å². The number of hydrogen-bond donors (Lipinski definition) is 2. The molecule has 6 nitrogen and oxygen atoms in total. The molecule has 0 aliphatic heterocycles. The highest BCUT2D eigenvalue weighted by molar-refractivity contribution is 7.89. The van der Waals surface area contributed by atoms with Crippen molar-refractivity contribution in [3.8, 4) is 0 Å². The Balaban J connectivity index is 2.09. The van der Waals surface area contributed by atoms with Crippen LogP contribution >= 0.6 is 11.6 Å². The molecule has 0 aliphatic carbocycles. The third-order valence-electron chi connectivity index (χ3n) is 3.57. The van der Waals surface area contributed by atoms with Gasteiger partial charge in [0.15, 0.2) is 0 Å². The van der Waals surface area contributed by atoms with Crippen LogP contribution in [0.4, 0.5) is 0 Å². The van der Waals surface area contributed by atoms with Gasteiger partial charge in [0.2, 0.25) is 15.9 Å². The predicted molar refractivity (Wildman–Crippen MR) is 96.5 cm³/mol. The number of amides is 1. The second kappa shape index (κ2) is 8.42. The van der Waals surface area contributed by atoms with Crippen LogP contribution in [0, 0.1) is 5.92 Å². The first-order valence-corrected chi connectivity index (χ1v) is 9.60. The summed E-state index contributed by atoms with van der Waals surface area (Å²) < 4.78 is 27.5. The minimum atomic E-state index is -3.83. The van der Waals surface area contributed by atoms with E-state index in [1.807, 2.05) is 0 Å². The molecule has 25 heavy (non-hydrogen) atoms. The zero-order valence-corrected chi connectivity index (χ0v) is 15.5. The van der Waals surface area contributed by atoms with Crippen molar-refractivity contribution in [2.75, 3.05) is 0 Å². The lowest BCUT2D eigenvalue weighted by Crippen LogP contribution is -2.49. The highest BCUT2D eigenvalue weighted by Crippen LogP contribution is 2.15. The largest absolute Gasteiger partial charge is 0.351 e. The molecule has 0 bridgehead atoms. The predicted octanol–water partition coefficient (Wildman–Crippen LogP) is 2.35. The summed E-state index contributed by atoms with van der Waals surface area (Å²) in [4.78, 5) is 16.4. The van der Waals surface area contributed by atoms with E-state index in [1.54, 1.807) is 38.4 Å². The van der Waals surface area contributed by atoms with Crippen LogP contribution in [0.15, 0.2) is 53.7 Å². The maximum Gasteiger partial charge on any atom is 0.241 e. The summed E-state index contributed by atoms with van der Waals surface area (Å²) in [5.74, 6) is -0.608. The van der Waals surface area contributed by atoms with Crippen molar-refractivity contribution in [2.24, 2.45) is 5.92 Å². The van der Waals surface area contributed by atoms with Crippen LogP contribution in [-0.2, 0) is 21.4 Å². The van der Waals surface area contributed by atoms with Gasteiger partial charge in [-0.1, -0.05) is 25.4 Å². The Morgan fingerprint density at radius 1 is 1.12 bits per heavy atom. The standard InChI is InChI=1S/C17H20ClN3O3S/c1-12(2)16(17(22)20-11-13-7-9-19-10-8-13)21-25(23,24)15-5-3-14(18)4-6-15/h3-10,12,16,21H,11H2,1-2H3,(H,20,22)/t16-/m0/s1. The molecule has 2 rings (SSSR count). The number of benzene rings is 1. The summed E-state index contributed by atoms with van der Waals surface area (Å²) in [6.07, 6.45) is 3.26. The topological polar surface area (TPSA) is 88.2 Å². The number of halogens is 1. The first-order valence-electron chi connectivity index (χ1n) is 7.74. The number of aromatic nitrogens is 1. The molecule has 1 heterocycles. The van der Waals surface area contributed by atoms with E-state index in [9.17, 15) is 13.2 Å². The normalized spacial score (nSPS) is 12.8. The van der Waals surface area contributed by atoms with Crippen molar-refractivity contribution in [3.05, 3.63) is 59.4 Å². The van der Waals surface area contributed by atoms with Crippen LogP contribution in [0.25, 0.3) is 0 Å². The van der Waals surface area contributed by atoms with Gasteiger partial charge in [-0.05, 0) is 47.9 Å². The lowest BCUT2D eigenvalue weighted by atomic mass is 10.0. The number of pyridine rings is 1. The number of nitrogens with zero attached hydrogens (tertiary/aromatic N) is 1. The van der Waals surface area contributed by atoms with Crippen molar-refractivity contribution in [2.45, 2.75) is 31.3 Å². The first-order chi connectivity index (χ1) is 11.8. The van der Waals surface area contributed by atoms with E-state index in [-0.39, 0.29) is 16.7 Å². The summed E-state index contributed by atoms with van der Waals surface area (Å²) in [6, 6.07) is 8.45. The minimum absolute atomic E-state index is 0.0597. The van der Waals surface area contributed by atoms with E-state index in [4.69, 9.17) is 11.6 Å². The molecule has 1 aromatic carbocycles. The molecule has 1 amide bonds. The average Bonchev–Trinajstić information content (AvgIpc) is 2.58. The number of sulfonamides is 1. The molecule has 2 N–H and O–H groups in total. The molecule has 0 spiro atoms. The molecule has 2 aromatic rings. The monoisotopic (exact) mass is 381 g/mol. The number of hydrogen-bond acceptors (Lipinski definition) is 4. The third-order valence-corrected chi connectivity index (χ3v) is 5.28. The van der Waals surface area contributed by atoms with Crippen LogP contribution in [0.5, 0.6) is 0 Å². The molecule has 0 saturated heterocycles. The van der Waals surface area contributed by atoms with Crippen LogP contribution in [-0.4, -0.2) is 25.4 Å². The summed E-state index contributed by atoms with van der Waals surface area (Å²) in [5, 5.41) is 3.19. The SMILES string of the molecule is CC(C)[C@H](NS(=O)(=O)c1ccc(Cl)cc1)C(=O)NCc1ccncc1. The highest BCUT2D eigenvalue weighted by atomic mass is 35.5. The molecule has 8 heteroatoms. The zero-order valence-electron chi connectivity index (χ0n) is 13.9. The number of carbonyl (C=O) groups excluding carboxylic acids is 1. The van der Waals surface area contributed by atoms with Gasteiger partial charge < -0.3 is 5.32 Å². The second-order valence-corrected chi connectivity index (χ2v) is 8.02. The molecule has 0 aliphatic rings. The fourth-order valence-corrected chi connectivity index (χ4v) is 3.61. The van der Waals surface area contributed by atoms with Crippen LogP contribution in [0.2, 0.25) is 5.02 Å². The lowest BCUT2D eigenvalue weighted by Gasteiger charge is -2.21. The van der Waals surface area contributed by atoms with Crippen LogP contribution in [0.3, 0.4) is 0 Å². The fraction of sp³-hybridized carbons (Fsp3) is 0.294. The van der Waals surface area contributed by atoms with Crippen LogP contribution < -0.4 is 10.0 Å². The molecular weight excluding hydrogens is 362 g/mol. The Kier molecular flexibility index (Phi) is 6.52. The maximum absolute atomic E-state index is 12.5. The van der Waals surface area contributed by atoms with Gasteiger partial charge in [-0.25, -0.2) is 8.42 Å². The molecule has 1 atom stereocenters. The fourth-order valence-electron chi connectivity index (χ4n) is 2.14. The van der Waals surface area contributed by atoms with Gasteiger partial charge in [0.1, 0.15) is 6.04 Å². The van der Waals surface area contributed by atoms with E-state index in [2.05, 4.69) is 15.0 Å². The zero-order chi connectivity index (χ0) is 18.4. The van der Waals surface area contributed by atoms with E-state index >= 15 is 0 Å². The van der Waals surface area contributed by atoms with Gasteiger partial charge in [-0.15, -0.1) is 0 Å². The summed E-state index contributed by atoms with van der Waals surface area (Å²) >= 11 is 5.78. The molecule has 0 saturated carbocycles. The maximum atomic E-state index is 12.5. The van der Waals surface area contributed by atoms with Crippen molar-refractivity contribution >= 4 is 27.5 Å². The van der Waals surface area contributed by atoms with Crippen molar-refractivity contribution < 1.29 is 13.2 Å². The van der Waals surface area contributed by atoms with Crippen LogP contribution in [0.1, 0.15) is 19.4 Å². The summed E-state index contributed by atoms with van der Waals surface area (Å²) in [5.41, 5.74) is 0.881. The Bertz CT molecular complexity index is 809. The van der Waals surface area contributed by atoms with Crippen molar-refractivity contribution in [1.82, 2.24) is 15.0 Å². The molecule has 0 fully saturated rings. The molecule has 0 unspecified atom stereocenters. The Hall–Kier alpha value is -1.96. The van der Waals surface area contributed by atoms with Gasteiger partial charge in [-0.3, -0.25) is 9.78 Å². The van der Waals surface area contributed by atoms with Gasteiger partial charge in [-0.2, -0.15) is 4.72 Å². The van der Waals surface area contributed by atoms with Gasteiger partial charge >= 0.3 is 0 Å². The van der Waals surface area contributed by atoms with Gasteiger partial charge in [0, 0.05) is 24.0 Å². The Labute approximate surface area is 152 Å². The number of carbonyl (C=O) groups is 1. The summed E-state index contributed by atoms with van der Waals surface area (Å²) in [7, 11) is -3.83. The minimum Gasteiger partial charge on any atom is -0.351 e. The molecule has 1 aromatic heterocycles. The van der Waals surface area contributed by atoms with E-state index in [0.29, 0.717) is 11.6 Å². The van der Waals surface area contributed by atoms with Crippen molar-refractivity contribution in [1.29, 1.82) is 0 Å². The Morgan fingerprint density at radius 2 is 1.72 bits per heavy atom. The third kappa shape index (κ3) is 5.52. The molecular formula is C17H20ClN3O3S. The van der Waals surface area contributed by atoms with Gasteiger partial charge in [0.05, 0.1) is 4.90 Å². The van der Waals surface area contributed by atoms with Crippen molar-refractivity contribution in [3.63, 3.8) is 0 Å². The Morgan fingerprint density at radius 3 is 2.28 bits per heavy atom. The quantitative estimate of drug-likeness (QED) is 0.770. The van der Waals surface area contributed by atoms with E-state index < -0.39 is 16.1 Å². The van der Waals surface area contributed by atoms with E-state index in [1.165, 1.54) is 24.3 Å². The van der Waals surface area contributed by atoms with E-state index in [0.717, 1.165) is 5.56 Å². The highest BCUT2D eigenvalue weighted by Gasteiger charge is 2.28. The molecule has 134 valence electrons. The first kappa shape index (κ1) is 19.4.